The van der Waals surface area contributed by atoms with Gasteiger partial charge in [-0.2, -0.15) is 0 Å². The summed E-state index contributed by atoms with van der Waals surface area (Å²) in [5, 5.41) is 0. The molecule has 0 atom stereocenters. The molecule has 0 aliphatic heterocycles. The van der Waals surface area contributed by atoms with Crippen molar-refractivity contribution in [3.8, 4) is 0 Å². The van der Waals surface area contributed by atoms with Crippen molar-refractivity contribution in [2.75, 3.05) is 0 Å². The molecule has 0 N–H and O–H groups in total. The predicted molar refractivity (Wildman–Crippen MR) is 50.4 cm³/mol. The van der Waals surface area contributed by atoms with Crippen molar-refractivity contribution in [2.24, 2.45) is 0 Å². The summed E-state index contributed by atoms with van der Waals surface area (Å²) in [6.07, 6.45) is 9.51. The van der Waals surface area contributed by atoms with Crippen LogP contribution in [0.25, 0.3) is 0 Å². The lowest BCUT2D eigenvalue weighted by Gasteiger charge is -1.96. The fourth-order valence-corrected chi connectivity index (χ4v) is 1.19. The van der Waals surface area contributed by atoms with Crippen LogP contribution in [-0.4, -0.2) is 0 Å². The minimum Gasteiger partial charge on any atom is -0.0988 e. The molecule has 0 unspecified atom stereocenters. The second-order valence-electron chi connectivity index (χ2n) is 3.01. The van der Waals surface area contributed by atoms with E-state index in [2.05, 4.69) is 38.7 Å². The van der Waals surface area contributed by atoms with Crippen LogP contribution in [0.3, 0.4) is 0 Å². The fourth-order valence-electron chi connectivity index (χ4n) is 1.19. The molecule has 0 saturated carbocycles. The van der Waals surface area contributed by atoms with Crippen LogP contribution in [-0.2, 0) is 0 Å². The van der Waals surface area contributed by atoms with Gasteiger partial charge in [-0.05, 0) is 31.4 Å². The van der Waals surface area contributed by atoms with Crippen LogP contribution < -0.4 is 0 Å². The highest BCUT2D eigenvalue weighted by Gasteiger charge is 2.01. The largest absolute Gasteiger partial charge is 0.0988 e. The first-order valence-electron chi connectivity index (χ1n) is 3.91. The van der Waals surface area contributed by atoms with Crippen LogP contribution in [0.5, 0.6) is 0 Å². The quantitative estimate of drug-likeness (QED) is 0.560. The standard InChI is InChI=1S/C11H14/c1-4-10-6-5-7-11(10)8-9(2)3/h4-5,7-8H,1,6H2,2-3H3. The number of hydrogen-bond donors (Lipinski definition) is 0. The van der Waals surface area contributed by atoms with Crippen LogP contribution >= 0.6 is 0 Å². The van der Waals surface area contributed by atoms with E-state index in [-0.39, 0.29) is 0 Å². The lowest BCUT2D eigenvalue weighted by molar-refractivity contribution is 1.31. The van der Waals surface area contributed by atoms with E-state index in [4.69, 9.17) is 0 Å². The lowest BCUT2D eigenvalue weighted by atomic mass is 10.1. The Hall–Kier alpha value is -1.04. The van der Waals surface area contributed by atoms with Gasteiger partial charge in [0, 0.05) is 0 Å². The molecule has 58 valence electrons. The molecule has 11 heavy (non-hydrogen) atoms. The Morgan fingerprint density at radius 1 is 1.55 bits per heavy atom. The van der Waals surface area contributed by atoms with E-state index in [1.807, 2.05) is 6.08 Å². The number of allylic oxidation sites excluding steroid dienone is 7. The van der Waals surface area contributed by atoms with Gasteiger partial charge in [0.15, 0.2) is 0 Å². The minimum atomic E-state index is 1.04. The van der Waals surface area contributed by atoms with Crippen molar-refractivity contribution < 1.29 is 0 Å². The van der Waals surface area contributed by atoms with Gasteiger partial charge in [0.25, 0.3) is 0 Å². The average Bonchev–Trinajstić information content (AvgIpc) is 2.34. The van der Waals surface area contributed by atoms with Crippen molar-refractivity contribution in [1.29, 1.82) is 0 Å². The van der Waals surface area contributed by atoms with Gasteiger partial charge in [0.05, 0.1) is 0 Å². The van der Waals surface area contributed by atoms with Gasteiger partial charge in [-0.15, -0.1) is 0 Å². The van der Waals surface area contributed by atoms with Gasteiger partial charge in [-0.25, -0.2) is 0 Å². The van der Waals surface area contributed by atoms with Crippen molar-refractivity contribution in [1.82, 2.24) is 0 Å². The van der Waals surface area contributed by atoms with E-state index in [0.717, 1.165) is 6.42 Å². The molecule has 0 aromatic heterocycles. The van der Waals surface area contributed by atoms with E-state index in [9.17, 15) is 0 Å². The van der Waals surface area contributed by atoms with Gasteiger partial charge in [0.1, 0.15) is 0 Å². The highest BCUT2D eigenvalue weighted by Crippen LogP contribution is 2.21. The third kappa shape index (κ3) is 1.94. The fraction of sp³-hybridized carbons (Fsp3) is 0.273. The first-order chi connectivity index (χ1) is 5.24. The molecular weight excluding hydrogens is 132 g/mol. The molecule has 1 aliphatic rings. The second-order valence-corrected chi connectivity index (χ2v) is 3.01. The normalized spacial score (nSPS) is 15.5. The zero-order valence-corrected chi connectivity index (χ0v) is 7.22. The maximum Gasteiger partial charge on any atom is -0.00884 e. The molecule has 0 fully saturated rings. The summed E-state index contributed by atoms with van der Waals surface area (Å²) in [5.74, 6) is 0. The Morgan fingerprint density at radius 2 is 2.27 bits per heavy atom. The Kier molecular flexibility index (Phi) is 2.48. The SMILES string of the molecule is C=CC1=C(C=C(C)C)C=CC1. The summed E-state index contributed by atoms with van der Waals surface area (Å²) >= 11 is 0. The van der Waals surface area contributed by atoms with Crippen LogP contribution in [0.2, 0.25) is 0 Å². The molecule has 1 aliphatic carbocycles. The van der Waals surface area contributed by atoms with E-state index >= 15 is 0 Å². The highest BCUT2D eigenvalue weighted by molar-refractivity contribution is 5.46. The van der Waals surface area contributed by atoms with Crippen molar-refractivity contribution >= 4 is 0 Å². The second kappa shape index (κ2) is 3.38. The van der Waals surface area contributed by atoms with Crippen LogP contribution in [0.4, 0.5) is 0 Å². The third-order valence-electron chi connectivity index (χ3n) is 1.70. The molecule has 1 rings (SSSR count). The predicted octanol–water partition coefficient (Wildman–Crippen LogP) is 3.40. The maximum atomic E-state index is 3.77. The molecule has 0 heteroatoms. The van der Waals surface area contributed by atoms with E-state index in [1.165, 1.54) is 16.7 Å². The van der Waals surface area contributed by atoms with Crippen molar-refractivity contribution in [3.05, 3.63) is 47.6 Å². The van der Waals surface area contributed by atoms with Crippen molar-refractivity contribution in [2.45, 2.75) is 20.3 Å². The zero-order valence-electron chi connectivity index (χ0n) is 7.22. The van der Waals surface area contributed by atoms with E-state index < -0.39 is 0 Å². The summed E-state index contributed by atoms with van der Waals surface area (Å²) in [6.45, 7) is 8.00. The Labute approximate surface area is 68.6 Å². The molecule has 0 aromatic carbocycles. The highest BCUT2D eigenvalue weighted by atomic mass is 14.1. The summed E-state index contributed by atoms with van der Waals surface area (Å²) in [6, 6.07) is 0. The van der Waals surface area contributed by atoms with Crippen LogP contribution in [0, 0.1) is 0 Å². The van der Waals surface area contributed by atoms with Gasteiger partial charge in [0.2, 0.25) is 0 Å². The molecule has 0 nitrogen and oxygen atoms in total. The Bertz CT molecular complexity index is 245. The molecule has 0 amide bonds. The molecule has 0 saturated heterocycles. The van der Waals surface area contributed by atoms with Gasteiger partial charge >= 0.3 is 0 Å². The average molecular weight is 146 g/mol. The van der Waals surface area contributed by atoms with Crippen molar-refractivity contribution in [3.63, 3.8) is 0 Å². The molecule has 0 heterocycles. The van der Waals surface area contributed by atoms with Gasteiger partial charge in [-0.3, -0.25) is 0 Å². The Balaban J connectivity index is 2.91. The first kappa shape index (κ1) is 8.06. The molecular formula is C11H14. The molecule has 0 spiro atoms. The summed E-state index contributed by atoms with van der Waals surface area (Å²) < 4.78 is 0. The monoisotopic (exact) mass is 146 g/mol. The van der Waals surface area contributed by atoms with Crippen LogP contribution in [0.15, 0.2) is 47.6 Å². The van der Waals surface area contributed by atoms with Gasteiger partial charge < -0.3 is 0 Å². The Morgan fingerprint density at radius 3 is 2.82 bits per heavy atom. The summed E-state index contributed by atoms with van der Waals surface area (Å²) in [7, 11) is 0. The summed E-state index contributed by atoms with van der Waals surface area (Å²) in [5.41, 5.74) is 4.00. The number of rotatable bonds is 2. The van der Waals surface area contributed by atoms with E-state index in [0.29, 0.717) is 0 Å². The third-order valence-corrected chi connectivity index (χ3v) is 1.70. The zero-order chi connectivity index (χ0) is 8.27. The smallest absolute Gasteiger partial charge is 0.00884 e. The topological polar surface area (TPSA) is 0 Å². The van der Waals surface area contributed by atoms with Gasteiger partial charge in [-0.1, -0.05) is 36.5 Å². The molecule has 0 aromatic rings. The summed E-state index contributed by atoms with van der Waals surface area (Å²) in [4.78, 5) is 0. The van der Waals surface area contributed by atoms with Crippen LogP contribution in [0.1, 0.15) is 20.3 Å². The first-order valence-corrected chi connectivity index (χ1v) is 3.91. The minimum absolute atomic E-state index is 1.04. The number of hydrogen-bond acceptors (Lipinski definition) is 0. The maximum absolute atomic E-state index is 3.77. The molecule has 0 bridgehead atoms. The molecule has 0 radical (unpaired) electrons. The lowest BCUT2D eigenvalue weighted by Crippen LogP contribution is -1.76. The van der Waals surface area contributed by atoms with E-state index in [1.54, 1.807) is 0 Å².